The lowest BCUT2D eigenvalue weighted by Gasteiger charge is -1.96. The van der Waals surface area contributed by atoms with Gasteiger partial charge in [-0.3, -0.25) is 4.99 Å². The zero-order chi connectivity index (χ0) is 8.69. The van der Waals surface area contributed by atoms with Crippen LogP contribution in [-0.4, -0.2) is 16.6 Å². The molecule has 0 amide bonds. The summed E-state index contributed by atoms with van der Waals surface area (Å²) in [6.07, 6.45) is 4.20. The topological polar surface area (TPSA) is 45.0 Å². The monoisotopic (exact) mass is 154 g/mol. The molecule has 1 N–H and O–H groups in total. The lowest BCUT2D eigenvalue weighted by atomic mass is 10.2. The molecule has 0 spiro atoms. The van der Waals surface area contributed by atoms with E-state index in [1.807, 2.05) is 26.8 Å². The predicted octanol–water partition coefficient (Wildman–Crippen LogP) is 2.22. The van der Waals surface area contributed by atoms with Gasteiger partial charge < -0.3 is 5.21 Å². The van der Waals surface area contributed by atoms with Gasteiger partial charge in [0.1, 0.15) is 5.71 Å². The van der Waals surface area contributed by atoms with E-state index in [2.05, 4.69) is 10.1 Å². The number of oxime groups is 1. The Morgan fingerprint density at radius 3 is 2.55 bits per heavy atom. The van der Waals surface area contributed by atoms with Crippen LogP contribution < -0.4 is 0 Å². The van der Waals surface area contributed by atoms with Crippen LogP contribution in [-0.2, 0) is 0 Å². The minimum atomic E-state index is 0.628. The summed E-state index contributed by atoms with van der Waals surface area (Å²) in [6.45, 7) is 5.63. The molecule has 0 aromatic rings. The Hall–Kier alpha value is -1.12. The third-order valence-electron chi connectivity index (χ3n) is 1.29. The molecule has 0 bridgehead atoms. The quantitative estimate of drug-likeness (QED) is 0.378. The second-order valence-corrected chi connectivity index (χ2v) is 2.10. The summed E-state index contributed by atoms with van der Waals surface area (Å²) in [5.74, 6) is 0. The van der Waals surface area contributed by atoms with Crippen LogP contribution in [0.2, 0.25) is 0 Å². The molecule has 62 valence electrons. The second kappa shape index (κ2) is 5.65. The lowest BCUT2D eigenvalue weighted by molar-refractivity contribution is 0.319. The van der Waals surface area contributed by atoms with Crippen LogP contribution in [0.4, 0.5) is 0 Å². The highest BCUT2D eigenvalue weighted by atomic mass is 16.4. The molecule has 0 atom stereocenters. The first-order valence-corrected chi connectivity index (χ1v) is 3.63. The second-order valence-electron chi connectivity index (χ2n) is 2.10. The summed E-state index contributed by atoms with van der Waals surface area (Å²) in [6, 6.07) is 0. The number of hydrogen-bond donors (Lipinski definition) is 1. The van der Waals surface area contributed by atoms with E-state index in [1.165, 1.54) is 0 Å². The van der Waals surface area contributed by atoms with Gasteiger partial charge in [0.15, 0.2) is 0 Å². The van der Waals surface area contributed by atoms with Crippen molar-refractivity contribution in [2.45, 2.75) is 27.2 Å². The maximum absolute atomic E-state index is 8.48. The van der Waals surface area contributed by atoms with Gasteiger partial charge in [-0.2, -0.15) is 0 Å². The summed E-state index contributed by atoms with van der Waals surface area (Å²) >= 11 is 0. The van der Waals surface area contributed by atoms with E-state index in [0.29, 0.717) is 12.1 Å². The average molecular weight is 154 g/mol. The summed E-state index contributed by atoms with van der Waals surface area (Å²) in [5.41, 5.74) is 1.39. The van der Waals surface area contributed by atoms with Crippen LogP contribution in [0.1, 0.15) is 27.2 Å². The predicted molar refractivity (Wildman–Crippen MR) is 47.4 cm³/mol. The zero-order valence-electron chi connectivity index (χ0n) is 7.20. The van der Waals surface area contributed by atoms with Gasteiger partial charge in [0.2, 0.25) is 0 Å². The molecule has 0 aromatic heterocycles. The fraction of sp³-hybridized carbons (Fsp3) is 0.500. The van der Waals surface area contributed by atoms with E-state index in [4.69, 9.17) is 5.21 Å². The highest BCUT2D eigenvalue weighted by molar-refractivity contribution is 6.41. The lowest BCUT2D eigenvalue weighted by Crippen LogP contribution is -2.08. The first-order chi connectivity index (χ1) is 5.26. The summed E-state index contributed by atoms with van der Waals surface area (Å²) in [4.78, 5) is 4.03. The summed E-state index contributed by atoms with van der Waals surface area (Å²) in [5, 5.41) is 11.6. The molecular weight excluding hydrogens is 140 g/mol. The van der Waals surface area contributed by atoms with Gasteiger partial charge in [-0.25, -0.2) is 0 Å². The third kappa shape index (κ3) is 3.55. The van der Waals surface area contributed by atoms with Crippen molar-refractivity contribution in [1.82, 2.24) is 0 Å². The van der Waals surface area contributed by atoms with Gasteiger partial charge in [0.05, 0.1) is 5.71 Å². The molecule has 0 saturated heterocycles. The SMILES string of the molecule is C/C=C/N=C(C)/C(CC)=N/O. The molecule has 0 aliphatic rings. The molecule has 0 radical (unpaired) electrons. The Morgan fingerprint density at radius 1 is 1.55 bits per heavy atom. The van der Waals surface area contributed by atoms with E-state index >= 15 is 0 Å². The third-order valence-corrected chi connectivity index (χ3v) is 1.29. The van der Waals surface area contributed by atoms with E-state index in [0.717, 1.165) is 5.71 Å². The highest BCUT2D eigenvalue weighted by Gasteiger charge is 1.98. The smallest absolute Gasteiger partial charge is 0.100 e. The van der Waals surface area contributed by atoms with Gasteiger partial charge in [-0.15, -0.1) is 0 Å². The van der Waals surface area contributed by atoms with Crippen molar-refractivity contribution in [3.8, 4) is 0 Å². The maximum Gasteiger partial charge on any atom is 0.100 e. The Labute approximate surface area is 67.1 Å². The molecule has 3 heteroatoms. The van der Waals surface area contributed by atoms with E-state index in [9.17, 15) is 0 Å². The maximum atomic E-state index is 8.48. The highest BCUT2D eigenvalue weighted by Crippen LogP contribution is 1.90. The Morgan fingerprint density at radius 2 is 2.18 bits per heavy atom. The minimum Gasteiger partial charge on any atom is -0.411 e. The van der Waals surface area contributed by atoms with Crippen LogP contribution in [0, 0.1) is 0 Å². The van der Waals surface area contributed by atoms with Crippen LogP contribution >= 0.6 is 0 Å². The molecule has 0 aliphatic carbocycles. The Bertz CT molecular complexity index is 192. The van der Waals surface area contributed by atoms with E-state index in [1.54, 1.807) is 6.20 Å². The molecule has 0 aliphatic heterocycles. The molecule has 0 saturated carbocycles. The van der Waals surface area contributed by atoms with Crippen LogP contribution in [0.3, 0.4) is 0 Å². The van der Waals surface area contributed by atoms with Crippen molar-refractivity contribution in [1.29, 1.82) is 0 Å². The molecule has 0 heterocycles. The van der Waals surface area contributed by atoms with Gasteiger partial charge in [0.25, 0.3) is 0 Å². The molecular formula is C8H14N2O. The van der Waals surface area contributed by atoms with Gasteiger partial charge in [-0.1, -0.05) is 18.2 Å². The minimum absolute atomic E-state index is 0.628. The van der Waals surface area contributed by atoms with Crippen LogP contribution in [0.5, 0.6) is 0 Å². The van der Waals surface area contributed by atoms with Crippen LogP contribution in [0.15, 0.2) is 22.4 Å². The Balaban J connectivity index is 4.32. The van der Waals surface area contributed by atoms with Crippen molar-refractivity contribution in [2.24, 2.45) is 10.1 Å². The molecule has 11 heavy (non-hydrogen) atoms. The van der Waals surface area contributed by atoms with Crippen molar-refractivity contribution in [2.75, 3.05) is 0 Å². The number of hydrogen-bond acceptors (Lipinski definition) is 3. The largest absolute Gasteiger partial charge is 0.411 e. The van der Waals surface area contributed by atoms with Gasteiger partial charge >= 0.3 is 0 Å². The molecule has 0 aromatic carbocycles. The fourth-order valence-electron chi connectivity index (χ4n) is 0.660. The molecule has 0 rings (SSSR count). The number of nitrogens with zero attached hydrogens (tertiary/aromatic N) is 2. The van der Waals surface area contributed by atoms with Crippen molar-refractivity contribution in [3.63, 3.8) is 0 Å². The van der Waals surface area contributed by atoms with Crippen molar-refractivity contribution < 1.29 is 5.21 Å². The van der Waals surface area contributed by atoms with Crippen molar-refractivity contribution >= 4 is 11.4 Å². The fourth-order valence-corrected chi connectivity index (χ4v) is 0.660. The first-order valence-electron chi connectivity index (χ1n) is 3.63. The molecule has 0 unspecified atom stereocenters. The standard InChI is InChI=1S/C8H14N2O/c1-4-6-9-7(3)8(5-2)10-11/h4,6,11H,5H2,1-3H3/b6-4+,9-7+,10-8+. The normalized spacial score (nSPS) is 14.5. The number of allylic oxidation sites excluding steroid dienone is 1. The zero-order valence-corrected chi connectivity index (χ0v) is 7.20. The summed E-state index contributed by atoms with van der Waals surface area (Å²) in [7, 11) is 0. The number of rotatable bonds is 3. The van der Waals surface area contributed by atoms with E-state index < -0.39 is 0 Å². The van der Waals surface area contributed by atoms with E-state index in [-0.39, 0.29) is 0 Å². The van der Waals surface area contributed by atoms with Crippen molar-refractivity contribution in [3.05, 3.63) is 12.3 Å². The summed E-state index contributed by atoms with van der Waals surface area (Å²) < 4.78 is 0. The molecule has 3 nitrogen and oxygen atoms in total. The average Bonchev–Trinajstić information content (AvgIpc) is 2.03. The van der Waals surface area contributed by atoms with Crippen LogP contribution in [0.25, 0.3) is 0 Å². The van der Waals surface area contributed by atoms with Gasteiger partial charge in [0, 0.05) is 6.20 Å². The molecule has 0 fully saturated rings. The Kier molecular flexibility index (Phi) is 5.07. The first kappa shape index (κ1) is 9.88. The van der Waals surface area contributed by atoms with Gasteiger partial charge in [-0.05, 0) is 20.3 Å². The number of aliphatic imine (C=N–C) groups is 1.